The first-order valence-corrected chi connectivity index (χ1v) is 7.44. The molecule has 0 aliphatic heterocycles. The Labute approximate surface area is 123 Å². The lowest BCUT2D eigenvalue weighted by Crippen LogP contribution is -2.19. The second kappa shape index (κ2) is 5.43. The number of primary amides is 1. The molecule has 2 N–H and O–H groups in total. The number of fused-ring (bicyclic) bond motifs is 1. The van der Waals surface area contributed by atoms with E-state index in [0.29, 0.717) is 11.1 Å². The van der Waals surface area contributed by atoms with Crippen LogP contribution in [0.2, 0.25) is 0 Å². The maximum absolute atomic E-state index is 13.4. The zero-order valence-corrected chi connectivity index (χ0v) is 12.1. The van der Waals surface area contributed by atoms with Gasteiger partial charge in [0, 0.05) is 17.4 Å². The SMILES string of the molecule is CC1CCC(c2nc3cc(F)ccc3cc2C(N)=O)CC1. The molecule has 110 valence electrons. The van der Waals surface area contributed by atoms with Gasteiger partial charge in [-0.3, -0.25) is 9.78 Å². The number of aromatic nitrogens is 1. The molecular formula is C17H19FN2O. The third kappa shape index (κ3) is 2.75. The van der Waals surface area contributed by atoms with E-state index in [4.69, 9.17) is 5.73 Å². The van der Waals surface area contributed by atoms with E-state index in [-0.39, 0.29) is 11.7 Å². The number of hydrogen-bond acceptors (Lipinski definition) is 2. The monoisotopic (exact) mass is 286 g/mol. The van der Waals surface area contributed by atoms with Crippen LogP contribution in [0.25, 0.3) is 10.9 Å². The Morgan fingerprint density at radius 3 is 2.62 bits per heavy atom. The fourth-order valence-corrected chi connectivity index (χ4v) is 3.20. The van der Waals surface area contributed by atoms with Gasteiger partial charge in [0.1, 0.15) is 5.82 Å². The van der Waals surface area contributed by atoms with Crippen molar-refractivity contribution in [2.75, 3.05) is 0 Å². The number of amides is 1. The van der Waals surface area contributed by atoms with E-state index in [9.17, 15) is 9.18 Å². The van der Waals surface area contributed by atoms with Gasteiger partial charge in [-0.1, -0.05) is 19.8 Å². The summed E-state index contributed by atoms with van der Waals surface area (Å²) in [6.07, 6.45) is 4.28. The molecule has 0 atom stereocenters. The molecule has 3 nitrogen and oxygen atoms in total. The number of carbonyl (C=O) groups is 1. The maximum Gasteiger partial charge on any atom is 0.250 e. The van der Waals surface area contributed by atoms with Crippen LogP contribution in [0.15, 0.2) is 24.3 Å². The number of nitrogens with two attached hydrogens (primary N) is 1. The summed E-state index contributed by atoms with van der Waals surface area (Å²) in [6.45, 7) is 2.24. The van der Waals surface area contributed by atoms with Crippen LogP contribution in [-0.2, 0) is 0 Å². The van der Waals surface area contributed by atoms with E-state index in [1.807, 2.05) is 0 Å². The summed E-state index contributed by atoms with van der Waals surface area (Å²) in [7, 11) is 0. The van der Waals surface area contributed by atoms with Gasteiger partial charge in [-0.2, -0.15) is 0 Å². The molecule has 3 rings (SSSR count). The van der Waals surface area contributed by atoms with Gasteiger partial charge in [-0.15, -0.1) is 0 Å². The first kappa shape index (κ1) is 14.0. The lowest BCUT2D eigenvalue weighted by atomic mass is 9.80. The minimum atomic E-state index is -0.456. The summed E-state index contributed by atoms with van der Waals surface area (Å²) in [5.41, 5.74) is 7.33. The van der Waals surface area contributed by atoms with Crippen LogP contribution < -0.4 is 5.73 Å². The van der Waals surface area contributed by atoms with Gasteiger partial charge in [-0.25, -0.2) is 4.39 Å². The molecule has 1 aliphatic carbocycles. The first-order chi connectivity index (χ1) is 10.0. The number of rotatable bonds is 2. The average molecular weight is 286 g/mol. The highest BCUT2D eigenvalue weighted by molar-refractivity contribution is 5.97. The lowest BCUT2D eigenvalue weighted by Gasteiger charge is -2.27. The highest BCUT2D eigenvalue weighted by Gasteiger charge is 2.25. The van der Waals surface area contributed by atoms with Crippen LogP contribution in [0, 0.1) is 11.7 Å². The lowest BCUT2D eigenvalue weighted by molar-refractivity contribution is 0.0998. The molecular weight excluding hydrogens is 267 g/mol. The standard InChI is InChI=1S/C17H19FN2O/c1-10-2-4-11(5-3-10)16-14(17(19)21)8-12-6-7-13(18)9-15(12)20-16/h6-11H,2-5H2,1H3,(H2,19,21). The number of hydrogen-bond donors (Lipinski definition) is 1. The van der Waals surface area contributed by atoms with Gasteiger partial charge in [0.15, 0.2) is 0 Å². The summed E-state index contributed by atoms with van der Waals surface area (Å²) in [5.74, 6) is 0.194. The van der Waals surface area contributed by atoms with Gasteiger partial charge < -0.3 is 5.73 Å². The van der Waals surface area contributed by atoms with E-state index >= 15 is 0 Å². The van der Waals surface area contributed by atoms with Crippen LogP contribution in [-0.4, -0.2) is 10.9 Å². The summed E-state index contributed by atoms with van der Waals surface area (Å²) in [4.78, 5) is 16.3. The minimum absolute atomic E-state index is 0.247. The van der Waals surface area contributed by atoms with Crippen molar-refractivity contribution in [3.05, 3.63) is 41.3 Å². The van der Waals surface area contributed by atoms with E-state index in [0.717, 1.165) is 42.7 Å². The zero-order valence-electron chi connectivity index (χ0n) is 12.1. The van der Waals surface area contributed by atoms with Crippen molar-refractivity contribution in [1.29, 1.82) is 0 Å². The van der Waals surface area contributed by atoms with Crippen LogP contribution in [0.1, 0.15) is 54.6 Å². The quantitative estimate of drug-likeness (QED) is 0.913. The van der Waals surface area contributed by atoms with E-state index in [2.05, 4.69) is 11.9 Å². The normalized spacial score (nSPS) is 22.4. The average Bonchev–Trinajstić information content (AvgIpc) is 2.46. The van der Waals surface area contributed by atoms with Gasteiger partial charge in [0.05, 0.1) is 16.8 Å². The molecule has 1 amide bonds. The molecule has 0 bridgehead atoms. The summed E-state index contributed by atoms with van der Waals surface area (Å²) in [6, 6.07) is 6.17. The molecule has 1 fully saturated rings. The molecule has 0 spiro atoms. The van der Waals surface area contributed by atoms with Crippen molar-refractivity contribution in [3.63, 3.8) is 0 Å². The fraction of sp³-hybridized carbons (Fsp3) is 0.412. The van der Waals surface area contributed by atoms with E-state index < -0.39 is 5.91 Å². The van der Waals surface area contributed by atoms with Gasteiger partial charge in [0.2, 0.25) is 0 Å². The topological polar surface area (TPSA) is 56.0 Å². The Morgan fingerprint density at radius 2 is 1.95 bits per heavy atom. The molecule has 1 heterocycles. The number of halogens is 1. The minimum Gasteiger partial charge on any atom is -0.366 e. The van der Waals surface area contributed by atoms with Crippen molar-refractivity contribution >= 4 is 16.8 Å². The number of carbonyl (C=O) groups excluding carboxylic acids is 1. The Balaban J connectivity index is 2.10. The Hall–Kier alpha value is -1.97. The molecule has 0 radical (unpaired) electrons. The van der Waals surface area contributed by atoms with Gasteiger partial charge in [-0.05, 0) is 37.0 Å². The highest BCUT2D eigenvalue weighted by atomic mass is 19.1. The predicted octanol–water partition coefficient (Wildman–Crippen LogP) is 3.77. The third-order valence-electron chi connectivity index (χ3n) is 4.48. The van der Waals surface area contributed by atoms with Crippen molar-refractivity contribution < 1.29 is 9.18 Å². The second-order valence-corrected chi connectivity index (χ2v) is 6.08. The number of nitrogens with zero attached hydrogens (tertiary/aromatic N) is 1. The molecule has 1 aromatic carbocycles. The van der Waals surface area contributed by atoms with Crippen LogP contribution >= 0.6 is 0 Å². The first-order valence-electron chi connectivity index (χ1n) is 7.44. The van der Waals surface area contributed by atoms with Gasteiger partial charge in [0.25, 0.3) is 5.91 Å². The fourth-order valence-electron chi connectivity index (χ4n) is 3.20. The smallest absolute Gasteiger partial charge is 0.250 e. The largest absolute Gasteiger partial charge is 0.366 e. The summed E-state index contributed by atoms with van der Waals surface area (Å²) in [5, 5.41) is 0.748. The molecule has 1 aromatic heterocycles. The van der Waals surface area contributed by atoms with Crippen LogP contribution in [0.5, 0.6) is 0 Å². The zero-order chi connectivity index (χ0) is 15.0. The predicted molar refractivity (Wildman–Crippen MR) is 80.6 cm³/mol. The summed E-state index contributed by atoms with van der Waals surface area (Å²) < 4.78 is 13.4. The number of pyridine rings is 1. The molecule has 0 unspecified atom stereocenters. The van der Waals surface area contributed by atoms with Crippen molar-refractivity contribution in [1.82, 2.24) is 4.98 Å². The molecule has 0 saturated heterocycles. The molecule has 1 aliphatic rings. The maximum atomic E-state index is 13.4. The second-order valence-electron chi connectivity index (χ2n) is 6.08. The highest BCUT2D eigenvalue weighted by Crippen LogP contribution is 2.36. The molecule has 2 aromatic rings. The molecule has 1 saturated carbocycles. The number of benzene rings is 1. The van der Waals surface area contributed by atoms with Crippen molar-refractivity contribution in [2.24, 2.45) is 11.7 Å². The van der Waals surface area contributed by atoms with Crippen molar-refractivity contribution in [2.45, 2.75) is 38.5 Å². The Kier molecular flexibility index (Phi) is 3.62. The van der Waals surface area contributed by atoms with Crippen LogP contribution in [0.4, 0.5) is 4.39 Å². The van der Waals surface area contributed by atoms with E-state index in [1.165, 1.54) is 12.1 Å². The van der Waals surface area contributed by atoms with Crippen molar-refractivity contribution in [3.8, 4) is 0 Å². The summed E-state index contributed by atoms with van der Waals surface area (Å²) >= 11 is 0. The Morgan fingerprint density at radius 1 is 1.24 bits per heavy atom. The molecule has 21 heavy (non-hydrogen) atoms. The molecule has 4 heteroatoms. The van der Waals surface area contributed by atoms with Crippen LogP contribution in [0.3, 0.4) is 0 Å². The third-order valence-corrected chi connectivity index (χ3v) is 4.48. The Bertz CT molecular complexity index is 690. The van der Waals surface area contributed by atoms with Gasteiger partial charge >= 0.3 is 0 Å². The van der Waals surface area contributed by atoms with E-state index in [1.54, 1.807) is 12.1 Å².